The third-order valence-corrected chi connectivity index (χ3v) is 3.87. The second-order valence-corrected chi connectivity index (χ2v) is 6.05. The number of ether oxygens (including phenoxy) is 1. The lowest BCUT2D eigenvalue weighted by molar-refractivity contribution is -0.140. The van der Waals surface area contributed by atoms with Crippen molar-refractivity contribution in [1.29, 1.82) is 0 Å². The van der Waals surface area contributed by atoms with E-state index in [4.69, 9.17) is 9.84 Å². The first-order valence-corrected chi connectivity index (χ1v) is 8.56. The van der Waals surface area contributed by atoms with Crippen molar-refractivity contribution in [2.75, 3.05) is 18.5 Å². The Morgan fingerprint density at radius 2 is 1.76 bits per heavy atom. The Bertz CT molecular complexity index is 969. The highest BCUT2D eigenvalue weighted by Crippen LogP contribution is 2.17. The number of anilines is 1. The fraction of sp³-hybridized carbons (Fsp3) is 0.100. The normalized spacial score (nSPS) is 14.6. The average molecular weight is 395 g/mol. The van der Waals surface area contributed by atoms with Crippen LogP contribution in [0, 0.1) is 0 Å². The van der Waals surface area contributed by atoms with Crippen LogP contribution in [0.5, 0.6) is 5.75 Å². The molecule has 0 atom stereocenters. The van der Waals surface area contributed by atoms with Gasteiger partial charge in [-0.3, -0.25) is 14.4 Å². The largest absolute Gasteiger partial charge is 0.484 e. The monoisotopic (exact) mass is 395 g/mol. The first-order chi connectivity index (χ1) is 13.9. The average Bonchev–Trinajstić information content (AvgIpc) is 2.95. The number of carboxylic acids is 1. The van der Waals surface area contributed by atoms with Crippen molar-refractivity contribution in [3.8, 4) is 5.75 Å². The first kappa shape index (κ1) is 19.6. The third-order valence-electron chi connectivity index (χ3n) is 3.87. The standard InChI is InChI=1S/C20H17N3O6/c24-17(21-14-4-2-1-3-5-14)12-29-15-8-6-13(7-9-15)10-16-19(27)23(11-18(25)26)20(28)22-16/h1-10H,11-12H2,(H,21,24)(H,22,28)(H,25,26)/b16-10+. The molecular weight excluding hydrogens is 378 g/mol. The van der Waals surface area contributed by atoms with Gasteiger partial charge in [-0.25, -0.2) is 9.69 Å². The molecule has 0 aliphatic carbocycles. The van der Waals surface area contributed by atoms with Gasteiger partial charge in [-0.1, -0.05) is 30.3 Å². The Hall–Kier alpha value is -4.14. The molecule has 1 fully saturated rings. The molecule has 0 radical (unpaired) electrons. The maximum Gasteiger partial charge on any atom is 0.329 e. The number of benzene rings is 2. The van der Waals surface area contributed by atoms with Crippen molar-refractivity contribution >= 4 is 35.6 Å². The van der Waals surface area contributed by atoms with E-state index in [2.05, 4.69) is 10.6 Å². The van der Waals surface area contributed by atoms with Crippen LogP contribution in [-0.4, -0.2) is 47.0 Å². The Kier molecular flexibility index (Phi) is 5.88. The fourth-order valence-electron chi connectivity index (χ4n) is 2.54. The molecule has 0 bridgehead atoms. The summed E-state index contributed by atoms with van der Waals surface area (Å²) < 4.78 is 5.42. The number of nitrogens with zero attached hydrogens (tertiary/aromatic N) is 1. The van der Waals surface area contributed by atoms with Crippen LogP contribution in [0.15, 0.2) is 60.3 Å². The SMILES string of the molecule is O=C(O)CN1C(=O)N/C(=C/c2ccc(OCC(=O)Nc3ccccc3)cc2)C1=O. The summed E-state index contributed by atoms with van der Waals surface area (Å²) in [7, 11) is 0. The van der Waals surface area contributed by atoms with Gasteiger partial charge >= 0.3 is 12.0 Å². The van der Waals surface area contributed by atoms with Crippen molar-refractivity contribution in [2.45, 2.75) is 0 Å². The highest BCUT2D eigenvalue weighted by Gasteiger charge is 2.34. The molecule has 9 nitrogen and oxygen atoms in total. The van der Waals surface area contributed by atoms with E-state index >= 15 is 0 Å². The van der Waals surface area contributed by atoms with Crippen molar-refractivity contribution in [1.82, 2.24) is 10.2 Å². The summed E-state index contributed by atoms with van der Waals surface area (Å²) in [4.78, 5) is 47.0. The van der Waals surface area contributed by atoms with E-state index in [-0.39, 0.29) is 18.2 Å². The van der Waals surface area contributed by atoms with Crippen molar-refractivity contribution in [3.05, 3.63) is 65.9 Å². The van der Waals surface area contributed by atoms with Gasteiger partial charge in [0.25, 0.3) is 11.8 Å². The molecule has 148 valence electrons. The number of para-hydroxylation sites is 1. The number of aliphatic carboxylic acids is 1. The Labute approximate surface area is 165 Å². The number of imide groups is 1. The molecule has 1 aliphatic rings. The number of rotatable bonds is 7. The maximum atomic E-state index is 12.1. The Morgan fingerprint density at radius 1 is 1.07 bits per heavy atom. The van der Waals surface area contributed by atoms with Gasteiger partial charge in [-0.15, -0.1) is 0 Å². The zero-order valence-corrected chi connectivity index (χ0v) is 15.1. The zero-order valence-electron chi connectivity index (χ0n) is 15.1. The molecule has 29 heavy (non-hydrogen) atoms. The quantitative estimate of drug-likeness (QED) is 0.484. The predicted molar refractivity (Wildman–Crippen MR) is 103 cm³/mol. The van der Waals surface area contributed by atoms with Crippen molar-refractivity contribution in [3.63, 3.8) is 0 Å². The van der Waals surface area contributed by atoms with Crippen LogP contribution in [0.1, 0.15) is 5.56 Å². The van der Waals surface area contributed by atoms with E-state index in [0.717, 1.165) is 0 Å². The van der Waals surface area contributed by atoms with Crippen LogP contribution in [-0.2, 0) is 14.4 Å². The first-order valence-electron chi connectivity index (χ1n) is 8.56. The number of amides is 4. The number of carbonyl (C=O) groups excluding carboxylic acids is 3. The van der Waals surface area contributed by atoms with Gasteiger partial charge in [0.05, 0.1) is 0 Å². The van der Waals surface area contributed by atoms with Gasteiger partial charge in [-0.05, 0) is 35.9 Å². The summed E-state index contributed by atoms with van der Waals surface area (Å²) in [6, 6.07) is 14.7. The summed E-state index contributed by atoms with van der Waals surface area (Å²) in [5.74, 6) is -1.85. The molecule has 4 amide bonds. The van der Waals surface area contributed by atoms with Crippen LogP contribution in [0.2, 0.25) is 0 Å². The number of carboxylic acid groups (broad SMARTS) is 1. The van der Waals surface area contributed by atoms with Crippen LogP contribution < -0.4 is 15.4 Å². The molecule has 9 heteroatoms. The lowest BCUT2D eigenvalue weighted by Gasteiger charge is -2.08. The molecule has 3 rings (SSSR count). The summed E-state index contributed by atoms with van der Waals surface area (Å²) in [6.45, 7) is -0.881. The molecule has 1 aliphatic heterocycles. The van der Waals surface area contributed by atoms with Gasteiger partial charge in [-0.2, -0.15) is 0 Å². The maximum absolute atomic E-state index is 12.1. The molecule has 2 aromatic carbocycles. The van der Waals surface area contributed by atoms with E-state index in [1.54, 1.807) is 36.4 Å². The van der Waals surface area contributed by atoms with E-state index in [0.29, 0.717) is 21.9 Å². The molecule has 0 saturated carbocycles. The fourth-order valence-corrected chi connectivity index (χ4v) is 2.54. The minimum absolute atomic E-state index is 0.0212. The van der Waals surface area contributed by atoms with E-state index < -0.39 is 24.5 Å². The van der Waals surface area contributed by atoms with Gasteiger partial charge in [0.1, 0.15) is 18.0 Å². The Balaban J connectivity index is 1.57. The molecule has 2 aromatic rings. The van der Waals surface area contributed by atoms with Crippen LogP contribution in [0.4, 0.5) is 10.5 Å². The summed E-state index contributed by atoms with van der Waals surface area (Å²) in [5.41, 5.74) is 1.24. The topological polar surface area (TPSA) is 125 Å². The van der Waals surface area contributed by atoms with E-state index in [1.807, 2.05) is 18.2 Å². The zero-order chi connectivity index (χ0) is 20.8. The van der Waals surface area contributed by atoms with Crippen LogP contribution in [0.25, 0.3) is 6.08 Å². The molecule has 0 unspecified atom stereocenters. The number of nitrogens with one attached hydrogen (secondary N) is 2. The summed E-state index contributed by atoms with van der Waals surface area (Å²) in [6.07, 6.45) is 1.42. The van der Waals surface area contributed by atoms with Crippen molar-refractivity contribution < 1.29 is 29.0 Å². The predicted octanol–water partition coefficient (Wildman–Crippen LogP) is 1.68. The van der Waals surface area contributed by atoms with E-state index in [1.165, 1.54) is 6.08 Å². The molecule has 0 aromatic heterocycles. The summed E-state index contributed by atoms with van der Waals surface area (Å²) >= 11 is 0. The lowest BCUT2D eigenvalue weighted by Crippen LogP contribution is -2.35. The minimum Gasteiger partial charge on any atom is -0.484 e. The second kappa shape index (κ2) is 8.70. The highest BCUT2D eigenvalue weighted by molar-refractivity contribution is 6.15. The number of urea groups is 1. The van der Waals surface area contributed by atoms with Gasteiger partial charge in [0, 0.05) is 5.69 Å². The molecular formula is C20H17N3O6. The minimum atomic E-state index is -1.28. The highest BCUT2D eigenvalue weighted by atomic mass is 16.5. The van der Waals surface area contributed by atoms with Gasteiger partial charge < -0.3 is 20.5 Å². The van der Waals surface area contributed by atoms with Crippen LogP contribution >= 0.6 is 0 Å². The summed E-state index contributed by atoms with van der Waals surface area (Å²) in [5, 5.41) is 13.8. The number of carbonyl (C=O) groups is 4. The Morgan fingerprint density at radius 3 is 2.41 bits per heavy atom. The number of hydrogen-bond acceptors (Lipinski definition) is 5. The number of hydrogen-bond donors (Lipinski definition) is 3. The van der Waals surface area contributed by atoms with Gasteiger partial charge in [0.15, 0.2) is 6.61 Å². The van der Waals surface area contributed by atoms with Gasteiger partial charge in [0.2, 0.25) is 0 Å². The second-order valence-electron chi connectivity index (χ2n) is 6.05. The van der Waals surface area contributed by atoms with Crippen molar-refractivity contribution in [2.24, 2.45) is 0 Å². The molecule has 1 heterocycles. The third kappa shape index (κ3) is 5.19. The van der Waals surface area contributed by atoms with E-state index in [9.17, 15) is 19.2 Å². The van der Waals surface area contributed by atoms with Crippen LogP contribution in [0.3, 0.4) is 0 Å². The molecule has 3 N–H and O–H groups in total. The molecule has 1 saturated heterocycles. The smallest absolute Gasteiger partial charge is 0.329 e. The molecule has 0 spiro atoms. The lowest BCUT2D eigenvalue weighted by atomic mass is 10.2.